The molecular formula is C9H9N5O4. The molecule has 94 valence electrons. The molecule has 0 spiro atoms. The van der Waals surface area contributed by atoms with Crippen LogP contribution in [-0.2, 0) is 11.8 Å². The van der Waals surface area contributed by atoms with E-state index in [1.807, 2.05) is 0 Å². The fourth-order valence-corrected chi connectivity index (χ4v) is 1.30. The van der Waals surface area contributed by atoms with Gasteiger partial charge in [0, 0.05) is 14.0 Å². The van der Waals surface area contributed by atoms with Crippen LogP contribution >= 0.6 is 0 Å². The first-order valence-corrected chi connectivity index (χ1v) is 4.90. The molecular weight excluding hydrogens is 242 g/mol. The van der Waals surface area contributed by atoms with Crippen molar-refractivity contribution in [1.82, 2.24) is 14.8 Å². The summed E-state index contributed by atoms with van der Waals surface area (Å²) in [5.41, 5.74) is 0. The third-order valence-corrected chi connectivity index (χ3v) is 2.04. The van der Waals surface area contributed by atoms with Crippen LogP contribution in [0, 0.1) is 10.1 Å². The minimum absolute atomic E-state index is 0.161. The molecule has 0 fully saturated rings. The third kappa shape index (κ3) is 2.19. The van der Waals surface area contributed by atoms with E-state index in [-0.39, 0.29) is 23.4 Å². The standard InChI is InChI=1S/C9H9N5O4/c1-5(15)10-9-11-8(12-13(9)2)6-3-4-7(18-6)14(16)17/h3-4H,1-2H3,(H,10,11,12,15). The number of carbonyl (C=O) groups excluding carboxylic acids is 1. The largest absolute Gasteiger partial charge is 0.433 e. The van der Waals surface area contributed by atoms with Gasteiger partial charge in [0.15, 0.2) is 5.76 Å². The average Bonchev–Trinajstić information content (AvgIpc) is 2.85. The number of aryl methyl sites for hydroxylation is 1. The summed E-state index contributed by atoms with van der Waals surface area (Å²) in [4.78, 5) is 24.7. The zero-order valence-corrected chi connectivity index (χ0v) is 9.58. The Hall–Kier alpha value is -2.71. The van der Waals surface area contributed by atoms with Crippen molar-refractivity contribution in [3.63, 3.8) is 0 Å². The van der Waals surface area contributed by atoms with Crippen molar-refractivity contribution in [3.8, 4) is 11.6 Å². The van der Waals surface area contributed by atoms with Gasteiger partial charge in [-0.05, 0) is 6.07 Å². The molecule has 1 amide bonds. The molecule has 9 heteroatoms. The Morgan fingerprint density at radius 3 is 2.83 bits per heavy atom. The number of amides is 1. The Morgan fingerprint density at radius 1 is 1.56 bits per heavy atom. The van der Waals surface area contributed by atoms with Gasteiger partial charge in [-0.1, -0.05) is 0 Å². The molecule has 0 aliphatic heterocycles. The number of aromatic nitrogens is 3. The van der Waals surface area contributed by atoms with Crippen LogP contribution in [0.2, 0.25) is 0 Å². The zero-order valence-electron chi connectivity index (χ0n) is 9.58. The molecule has 1 N–H and O–H groups in total. The summed E-state index contributed by atoms with van der Waals surface area (Å²) < 4.78 is 6.29. The fourth-order valence-electron chi connectivity index (χ4n) is 1.30. The topological polar surface area (TPSA) is 116 Å². The quantitative estimate of drug-likeness (QED) is 0.641. The van der Waals surface area contributed by atoms with E-state index in [9.17, 15) is 14.9 Å². The number of hydrogen-bond donors (Lipinski definition) is 1. The predicted octanol–water partition coefficient (Wildman–Crippen LogP) is 0.942. The van der Waals surface area contributed by atoms with Gasteiger partial charge < -0.3 is 4.42 Å². The summed E-state index contributed by atoms with van der Waals surface area (Å²) in [5, 5.41) is 16.9. The lowest BCUT2D eigenvalue weighted by atomic mass is 10.4. The number of carbonyl (C=O) groups is 1. The van der Waals surface area contributed by atoms with E-state index in [2.05, 4.69) is 15.4 Å². The van der Waals surface area contributed by atoms with Gasteiger partial charge in [-0.25, -0.2) is 4.68 Å². The first-order chi connectivity index (χ1) is 8.47. The maximum absolute atomic E-state index is 10.9. The van der Waals surface area contributed by atoms with Crippen molar-refractivity contribution in [3.05, 3.63) is 22.2 Å². The Balaban J connectivity index is 2.33. The summed E-state index contributed by atoms with van der Waals surface area (Å²) in [6.07, 6.45) is 0. The van der Waals surface area contributed by atoms with Crippen LogP contribution in [0.3, 0.4) is 0 Å². The highest BCUT2D eigenvalue weighted by atomic mass is 16.6. The molecule has 0 aliphatic carbocycles. The van der Waals surface area contributed by atoms with Crippen molar-refractivity contribution < 1.29 is 14.1 Å². The lowest BCUT2D eigenvalue weighted by Gasteiger charge is -1.97. The second kappa shape index (κ2) is 4.28. The Kier molecular flexibility index (Phi) is 2.80. The fraction of sp³-hybridized carbons (Fsp3) is 0.222. The smallest absolute Gasteiger partial charge is 0.397 e. The lowest BCUT2D eigenvalue weighted by Crippen LogP contribution is -2.10. The molecule has 18 heavy (non-hydrogen) atoms. The number of rotatable bonds is 3. The summed E-state index contributed by atoms with van der Waals surface area (Å²) in [6, 6.07) is 2.61. The normalized spacial score (nSPS) is 10.3. The predicted molar refractivity (Wildman–Crippen MR) is 59.7 cm³/mol. The summed E-state index contributed by atoms with van der Waals surface area (Å²) >= 11 is 0. The Labute approximate surface area is 101 Å². The van der Waals surface area contributed by atoms with Crippen molar-refractivity contribution in [2.45, 2.75) is 6.92 Å². The number of furan rings is 1. The van der Waals surface area contributed by atoms with E-state index < -0.39 is 10.8 Å². The highest BCUT2D eigenvalue weighted by Gasteiger charge is 2.17. The maximum atomic E-state index is 10.9. The van der Waals surface area contributed by atoms with Gasteiger partial charge in [0.2, 0.25) is 17.7 Å². The average molecular weight is 251 g/mol. The molecule has 0 saturated heterocycles. The van der Waals surface area contributed by atoms with Gasteiger partial charge in [0.05, 0.1) is 6.07 Å². The molecule has 0 bridgehead atoms. The van der Waals surface area contributed by atoms with E-state index in [1.165, 1.54) is 23.7 Å². The van der Waals surface area contributed by atoms with Gasteiger partial charge in [-0.3, -0.25) is 20.2 Å². The van der Waals surface area contributed by atoms with Crippen LogP contribution in [0.5, 0.6) is 0 Å². The first-order valence-electron chi connectivity index (χ1n) is 4.90. The number of nitrogens with zero attached hydrogens (tertiary/aromatic N) is 4. The molecule has 9 nitrogen and oxygen atoms in total. The molecule has 0 aromatic carbocycles. The summed E-state index contributed by atoms with van der Waals surface area (Å²) in [6.45, 7) is 1.34. The molecule has 0 radical (unpaired) electrons. The van der Waals surface area contributed by atoms with Gasteiger partial charge in [0.1, 0.15) is 4.92 Å². The Bertz CT molecular complexity index is 614. The van der Waals surface area contributed by atoms with Crippen LogP contribution in [0.25, 0.3) is 11.6 Å². The zero-order chi connectivity index (χ0) is 13.3. The monoisotopic (exact) mass is 251 g/mol. The van der Waals surface area contributed by atoms with Gasteiger partial charge in [0.25, 0.3) is 0 Å². The van der Waals surface area contributed by atoms with E-state index in [1.54, 1.807) is 7.05 Å². The summed E-state index contributed by atoms with van der Waals surface area (Å²) in [5.74, 6) is -0.124. The summed E-state index contributed by atoms with van der Waals surface area (Å²) in [7, 11) is 1.58. The van der Waals surface area contributed by atoms with E-state index in [0.29, 0.717) is 0 Å². The number of nitrogens with one attached hydrogen (secondary N) is 1. The highest BCUT2D eigenvalue weighted by Crippen LogP contribution is 2.24. The van der Waals surface area contributed by atoms with Gasteiger partial charge in [-0.2, -0.15) is 4.98 Å². The minimum atomic E-state index is -0.652. The van der Waals surface area contributed by atoms with Crippen LogP contribution < -0.4 is 5.32 Å². The second-order valence-electron chi connectivity index (χ2n) is 3.46. The van der Waals surface area contributed by atoms with Crippen LogP contribution in [0.15, 0.2) is 16.5 Å². The molecule has 0 unspecified atom stereocenters. The minimum Gasteiger partial charge on any atom is -0.397 e. The van der Waals surface area contributed by atoms with Crippen molar-refractivity contribution in [2.24, 2.45) is 7.05 Å². The lowest BCUT2D eigenvalue weighted by molar-refractivity contribution is -0.401. The Morgan fingerprint density at radius 2 is 2.28 bits per heavy atom. The van der Waals surface area contributed by atoms with Crippen LogP contribution in [0.1, 0.15) is 6.92 Å². The van der Waals surface area contributed by atoms with Gasteiger partial charge >= 0.3 is 5.88 Å². The molecule has 2 aromatic rings. The molecule has 2 aromatic heterocycles. The molecule has 0 saturated carbocycles. The van der Waals surface area contributed by atoms with E-state index in [4.69, 9.17) is 4.42 Å². The number of nitro groups is 1. The highest BCUT2D eigenvalue weighted by molar-refractivity contribution is 5.86. The maximum Gasteiger partial charge on any atom is 0.433 e. The van der Waals surface area contributed by atoms with Crippen LogP contribution in [0.4, 0.5) is 11.8 Å². The number of hydrogen-bond acceptors (Lipinski definition) is 6. The molecule has 2 rings (SSSR count). The molecule has 2 heterocycles. The third-order valence-electron chi connectivity index (χ3n) is 2.04. The van der Waals surface area contributed by atoms with Crippen molar-refractivity contribution >= 4 is 17.7 Å². The van der Waals surface area contributed by atoms with E-state index >= 15 is 0 Å². The van der Waals surface area contributed by atoms with E-state index in [0.717, 1.165) is 0 Å². The molecule has 0 atom stereocenters. The van der Waals surface area contributed by atoms with Crippen LogP contribution in [-0.4, -0.2) is 25.6 Å². The van der Waals surface area contributed by atoms with Crippen molar-refractivity contribution in [2.75, 3.05) is 5.32 Å². The van der Waals surface area contributed by atoms with Crippen molar-refractivity contribution in [1.29, 1.82) is 0 Å². The molecule has 0 aliphatic rings. The van der Waals surface area contributed by atoms with Gasteiger partial charge in [-0.15, -0.1) is 5.10 Å². The SMILES string of the molecule is CC(=O)Nc1nc(-c2ccc([N+](=O)[O-])o2)nn1C. The number of anilines is 1. The first kappa shape index (κ1) is 11.8. The second-order valence-corrected chi connectivity index (χ2v) is 3.46.